The minimum atomic E-state index is 0.138. The van der Waals surface area contributed by atoms with Gasteiger partial charge in [0.25, 0.3) is 0 Å². The summed E-state index contributed by atoms with van der Waals surface area (Å²) in [6, 6.07) is 36.8. The smallest absolute Gasteiger partial charge is 0.167 e. The predicted molar refractivity (Wildman–Crippen MR) is 120 cm³/mol. The highest BCUT2D eigenvalue weighted by atomic mass is 16.1. The molecular formula is C28H20O. The van der Waals surface area contributed by atoms with Gasteiger partial charge in [-0.25, -0.2) is 0 Å². The predicted octanol–water partition coefficient (Wildman–Crippen LogP) is 6.90. The van der Waals surface area contributed by atoms with Crippen molar-refractivity contribution in [3.05, 3.63) is 131 Å². The number of carbonyl (C=O) groups excluding carboxylic acids is 1. The van der Waals surface area contributed by atoms with Crippen LogP contribution in [0, 0.1) is 0 Å². The topological polar surface area (TPSA) is 17.1 Å². The summed E-state index contributed by atoms with van der Waals surface area (Å²) in [7, 11) is 0. The van der Waals surface area contributed by atoms with Crippen LogP contribution in [0.4, 0.5) is 0 Å². The third-order valence-corrected chi connectivity index (χ3v) is 5.54. The molecule has 5 rings (SSSR count). The number of benzene rings is 4. The van der Waals surface area contributed by atoms with Crippen LogP contribution in [0.25, 0.3) is 22.3 Å². The molecule has 1 nitrogen and oxygen atoms in total. The van der Waals surface area contributed by atoms with Crippen molar-refractivity contribution in [1.82, 2.24) is 0 Å². The van der Waals surface area contributed by atoms with Crippen LogP contribution in [-0.2, 0) is 0 Å². The Bertz CT molecular complexity index is 1170. The van der Waals surface area contributed by atoms with Crippen LogP contribution in [0.15, 0.2) is 109 Å². The number of rotatable bonds is 4. The summed E-state index contributed by atoms with van der Waals surface area (Å²) in [6.07, 6.45) is 0.367. The molecule has 1 heteroatoms. The molecule has 0 heterocycles. The Morgan fingerprint density at radius 3 is 1.41 bits per heavy atom. The number of Topliss-reactive ketones (excluding diaryl/α,β-unsaturated/α-hetero) is 1. The quantitative estimate of drug-likeness (QED) is 0.314. The van der Waals surface area contributed by atoms with Crippen LogP contribution >= 0.6 is 0 Å². The van der Waals surface area contributed by atoms with Gasteiger partial charge in [0.15, 0.2) is 5.78 Å². The Balaban J connectivity index is 1.75. The van der Waals surface area contributed by atoms with Gasteiger partial charge in [-0.2, -0.15) is 0 Å². The van der Waals surface area contributed by atoms with Crippen molar-refractivity contribution in [1.29, 1.82) is 0 Å². The Morgan fingerprint density at radius 1 is 0.483 bits per heavy atom. The van der Waals surface area contributed by atoms with Crippen LogP contribution in [0.5, 0.6) is 0 Å². The fourth-order valence-corrected chi connectivity index (χ4v) is 4.20. The van der Waals surface area contributed by atoms with E-state index in [1.165, 1.54) is 27.8 Å². The molecule has 138 valence electrons. The van der Waals surface area contributed by atoms with E-state index in [9.17, 15) is 4.79 Å². The zero-order valence-corrected chi connectivity index (χ0v) is 16.0. The lowest BCUT2D eigenvalue weighted by Crippen LogP contribution is -2.03. The number of hydrogen-bond donors (Lipinski definition) is 0. The van der Waals surface area contributed by atoms with Gasteiger partial charge in [-0.15, -0.1) is 0 Å². The van der Waals surface area contributed by atoms with E-state index in [-0.39, 0.29) is 5.78 Å². The maximum atomic E-state index is 13.2. The summed E-state index contributed by atoms with van der Waals surface area (Å²) in [6.45, 7) is 0. The van der Waals surface area contributed by atoms with Crippen LogP contribution < -0.4 is 0 Å². The van der Waals surface area contributed by atoms with Crippen molar-refractivity contribution in [2.45, 2.75) is 6.42 Å². The van der Waals surface area contributed by atoms with E-state index < -0.39 is 0 Å². The second-order valence-electron chi connectivity index (χ2n) is 7.28. The number of carbonyl (C=O) groups is 1. The molecule has 4 aromatic carbocycles. The van der Waals surface area contributed by atoms with Crippen molar-refractivity contribution < 1.29 is 4.79 Å². The fourth-order valence-electron chi connectivity index (χ4n) is 4.20. The van der Waals surface area contributed by atoms with Gasteiger partial charge < -0.3 is 0 Å². The molecule has 1 aliphatic rings. The summed E-state index contributed by atoms with van der Waals surface area (Å²) < 4.78 is 0. The molecule has 0 aliphatic heterocycles. The Morgan fingerprint density at radius 2 is 0.897 bits per heavy atom. The van der Waals surface area contributed by atoms with Crippen molar-refractivity contribution in [3.8, 4) is 11.1 Å². The first-order valence-corrected chi connectivity index (χ1v) is 9.89. The highest BCUT2D eigenvalue weighted by Crippen LogP contribution is 2.48. The number of ketones is 1. The number of fused-ring (bicyclic) bond motifs is 3. The SMILES string of the molecule is O=C(CC(=C1c2ccccc2-c2ccccc21)c1ccccc1)c1ccccc1. The monoisotopic (exact) mass is 372 g/mol. The molecule has 29 heavy (non-hydrogen) atoms. The molecule has 0 amide bonds. The van der Waals surface area contributed by atoms with Gasteiger partial charge in [-0.05, 0) is 39.0 Å². The summed E-state index contributed by atoms with van der Waals surface area (Å²) >= 11 is 0. The normalized spacial score (nSPS) is 11.7. The van der Waals surface area contributed by atoms with E-state index >= 15 is 0 Å². The summed E-state index contributed by atoms with van der Waals surface area (Å²) in [5, 5.41) is 0. The van der Waals surface area contributed by atoms with E-state index in [4.69, 9.17) is 0 Å². The first kappa shape index (κ1) is 17.4. The molecule has 0 atom stereocenters. The Hall–Kier alpha value is -3.71. The van der Waals surface area contributed by atoms with Crippen molar-refractivity contribution in [3.63, 3.8) is 0 Å². The lowest BCUT2D eigenvalue weighted by atomic mass is 9.89. The highest BCUT2D eigenvalue weighted by molar-refractivity contribution is 6.14. The van der Waals surface area contributed by atoms with Crippen molar-refractivity contribution in [2.24, 2.45) is 0 Å². The zero-order chi connectivity index (χ0) is 19.6. The van der Waals surface area contributed by atoms with Crippen LogP contribution in [0.1, 0.15) is 33.5 Å². The summed E-state index contributed by atoms with van der Waals surface area (Å²) in [5.41, 5.74) is 8.97. The van der Waals surface area contributed by atoms with Gasteiger partial charge in [0.1, 0.15) is 0 Å². The Kier molecular flexibility index (Phi) is 4.42. The van der Waals surface area contributed by atoms with Crippen molar-refractivity contribution in [2.75, 3.05) is 0 Å². The molecule has 0 aromatic heterocycles. The summed E-state index contributed by atoms with van der Waals surface area (Å²) in [4.78, 5) is 13.2. The third-order valence-electron chi connectivity index (χ3n) is 5.54. The molecule has 0 saturated heterocycles. The lowest BCUT2D eigenvalue weighted by molar-refractivity contribution is 0.0998. The van der Waals surface area contributed by atoms with Crippen LogP contribution in [-0.4, -0.2) is 5.78 Å². The van der Waals surface area contributed by atoms with Crippen LogP contribution in [0.2, 0.25) is 0 Å². The molecule has 1 aliphatic carbocycles. The standard InChI is InChI=1S/C28H20O/c29-27(21-13-5-2-6-14-21)19-26(20-11-3-1-4-12-20)28-24-17-9-7-15-22(24)23-16-8-10-18-25(23)28/h1-18H,19H2. The van der Waals surface area contributed by atoms with Gasteiger partial charge in [-0.3, -0.25) is 4.79 Å². The molecule has 0 bridgehead atoms. The summed E-state index contributed by atoms with van der Waals surface area (Å²) in [5.74, 6) is 0.138. The van der Waals surface area contributed by atoms with E-state index in [1.54, 1.807) is 0 Å². The van der Waals surface area contributed by atoms with Gasteiger partial charge in [0, 0.05) is 12.0 Å². The molecule has 0 radical (unpaired) electrons. The second-order valence-corrected chi connectivity index (χ2v) is 7.28. The van der Waals surface area contributed by atoms with E-state index in [0.29, 0.717) is 6.42 Å². The number of allylic oxidation sites excluding steroid dienone is 1. The molecular weight excluding hydrogens is 352 g/mol. The van der Waals surface area contributed by atoms with E-state index in [2.05, 4.69) is 60.7 Å². The van der Waals surface area contributed by atoms with Crippen molar-refractivity contribution >= 4 is 16.9 Å². The van der Waals surface area contributed by atoms with Gasteiger partial charge >= 0.3 is 0 Å². The minimum Gasteiger partial charge on any atom is -0.294 e. The molecule has 0 spiro atoms. The second kappa shape index (κ2) is 7.37. The fraction of sp³-hybridized carbons (Fsp3) is 0.0357. The highest BCUT2D eigenvalue weighted by Gasteiger charge is 2.27. The molecule has 4 aromatic rings. The van der Waals surface area contributed by atoms with Crippen LogP contribution in [0.3, 0.4) is 0 Å². The molecule has 0 fully saturated rings. The molecule has 0 saturated carbocycles. The zero-order valence-electron chi connectivity index (χ0n) is 16.0. The minimum absolute atomic E-state index is 0.138. The van der Waals surface area contributed by atoms with Gasteiger partial charge in [0.05, 0.1) is 0 Å². The third kappa shape index (κ3) is 3.11. The molecule has 0 N–H and O–H groups in total. The first-order chi connectivity index (χ1) is 14.3. The first-order valence-electron chi connectivity index (χ1n) is 9.89. The molecule has 0 unspecified atom stereocenters. The van der Waals surface area contributed by atoms with E-state index in [0.717, 1.165) is 16.7 Å². The Labute approximate surface area is 171 Å². The lowest BCUT2D eigenvalue weighted by Gasteiger charge is -2.14. The average Bonchev–Trinajstić information content (AvgIpc) is 3.13. The number of hydrogen-bond acceptors (Lipinski definition) is 1. The average molecular weight is 372 g/mol. The van der Waals surface area contributed by atoms with Gasteiger partial charge in [0.2, 0.25) is 0 Å². The van der Waals surface area contributed by atoms with Gasteiger partial charge in [-0.1, -0.05) is 109 Å². The van der Waals surface area contributed by atoms with E-state index in [1.807, 2.05) is 48.5 Å². The largest absolute Gasteiger partial charge is 0.294 e. The maximum absolute atomic E-state index is 13.2. The maximum Gasteiger partial charge on any atom is 0.167 e.